The van der Waals surface area contributed by atoms with Crippen LogP contribution in [0.4, 0.5) is 0 Å². The lowest BCUT2D eigenvalue weighted by molar-refractivity contribution is 0.0283. The van der Waals surface area contributed by atoms with E-state index in [0.29, 0.717) is 12.1 Å². The zero-order valence-electron chi connectivity index (χ0n) is 9.54. The van der Waals surface area contributed by atoms with Gasteiger partial charge in [0.15, 0.2) is 0 Å². The lowest BCUT2D eigenvalue weighted by Crippen LogP contribution is -2.46. The van der Waals surface area contributed by atoms with Crippen molar-refractivity contribution in [3.8, 4) is 0 Å². The van der Waals surface area contributed by atoms with Gasteiger partial charge in [-0.1, -0.05) is 13.3 Å². The lowest BCUT2D eigenvalue weighted by Gasteiger charge is -2.36. The first-order valence-corrected chi connectivity index (χ1v) is 5.79. The number of nitrogens with zero attached hydrogens (tertiary/aromatic N) is 1. The second-order valence-electron chi connectivity index (χ2n) is 4.19. The highest BCUT2D eigenvalue weighted by molar-refractivity contribution is 4.78. The molecule has 3 heteroatoms. The van der Waals surface area contributed by atoms with Gasteiger partial charge < -0.3 is 10.5 Å². The summed E-state index contributed by atoms with van der Waals surface area (Å²) in [4.78, 5) is 2.46. The first kappa shape index (κ1) is 12.0. The summed E-state index contributed by atoms with van der Waals surface area (Å²) >= 11 is 0. The van der Waals surface area contributed by atoms with Crippen molar-refractivity contribution in [1.29, 1.82) is 0 Å². The predicted octanol–water partition coefficient (Wildman–Crippen LogP) is 1.22. The molecule has 1 unspecified atom stereocenters. The smallest absolute Gasteiger partial charge is 0.0480 e. The van der Waals surface area contributed by atoms with Crippen molar-refractivity contribution in [1.82, 2.24) is 4.90 Å². The van der Waals surface area contributed by atoms with E-state index in [1.807, 2.05) is 0 Å². The molecule has 0 spiro atoms. The topological polar surface area (TPSA) is 38.5 Å². The second kappa shape index (κ2) is 6.38. The van der Waals surface area contributed by atoms with Crippen molar-refractivity contribution in [3.05, 3.63) is 0 Å². The van der Waals surface area contributed by atoms with Gasteiger partial charge in [-0.3, -0.25) is 4.90 Å². The molecule has 1 aliphatic heterocycles. The monoisotopic (exact) mass is 200 g/mol. The van der Waals surface area contributed by atoms with Gasteiger partial charge in [-0.2, -0.15) is 0 Å². The second-order valence-corrected chi connectivity index (χ2v) is 4.19. The number of nitrogens with two attached hydrogens (primary N) is 1. The van der Waals surface area contributed by atoms with E-state index in [1.165, 1.54) is 12.8 Å². The number of likely N-dealkylation sites (N-methyl/N-ethyl adjacent to an activating group) is 1. The SMILES string of the molecule is CCCC(CN)N(C)C1CCOCC1. The molecule has 0 amide bonds. The van der Waals surface area contributed by atoms with Crippen molar-refractivity contribution >= 4 is 0 Å². The normalized spacial score (nSPS) is 21.4. The van der Waals surface area contributed by atoms with Crippen LogP contribution in [-0.4, -0.2) is 43.8 Å². The van der Waals surface area contributed by atoms with E-state index in [-0.39, 0.29) is 0 Å². The van der Waals surface area contributed by atoms with Gasteiger partial charge >= 0.3 is 0 Å². The third kappa shape index (κ3) is 3.23. The maximum atomic E-state index is 5.79. The molecule has 1 saturated heterocycles. The maximum Gasteiger partial charge on any atom is 0.0480 e. The van der Waals surface area contributed by atoms with Crippen molar-refractivity contribution in [2.45, 2.75) is 44.7 Å². The van der Waals surface area contributed by atoms with Crippen molar-refractivity contribution < 1.29 is 4.74 Å². The molecule has 84 valence electrons. The van der Waals surface area contributed by atoms with Gasteiger partial charge in [-0.25, -0.2) is 0 Å². The quantitative estimate of drug-likeness (QED) is 0.725. The molecule has 1 aliphatic rings. The summed E-state index contributed by atoms with van der Waals surface area (Å²) in [6.45, 7) is 4.83. The molecule has 1 atom stereocenters. The molecule has 0 aliphatic carbocycles. The Bertz CT molecular complexity index is 141. The van der Waals surface area contributed by atoms with Gasteiger partial charge in [0.05, 0.1) is 0 Å². The van der Waals surface area contributed by atoms with Crippen LogP contribution in [0.1, 0.15) is 32.6 Å². The van der Waals surface area contributed by atoms with E-state index in [9.17, 15) is 0 Å². The van der Waals surface area contributed by atoms with E-state index >= 15 is 0 Å². The summed E-state index contributed by atoms with van der Waals surface area (Å²) in [6.07, 6.45) is 4.76. The molecule has 0 radical (unpaired) electrons. The molecule has 3 nitrogen and oxygen atoms in total. The predicted molar refractivity (Wildman–Crippen MR) is 59.4 cm³/mol. The van der Waals surface area contributed by atoms with E-state index in [2.05, 4.69) is 18.9 Å². The minimum absolute atomic E-state index is 0.558. The van der Waals surface area contributed by atoms with Gasteiger partial charge in [-0.15, -0.1) is 0 Å². The number of hydrogen-bond acceptors (Lipinski definition) is 3. The maximum absolute atomic E-state index is 5.79. The zero-order valence-corrected chi connectivity index (χ0v) is 9.54. The summed E-state index contributed by atoms with van der Waals surface area (Å²) in [5, 5.41) is 0. The Balaban J connectivity index is 2.38. The van der Waals surface area contributed by atoms with Crippen LogP contribution in [0, 0.1) is 0 Å². The lowest BCUT2D eigenvalue weighted by atomic mass is 10.0. The number of rotatable bonds is 5. The van der Waals surface area contributed by atoms with Crippen LogP contribution < -0.4 is 5.73 Å². The molecule has 0 saturated carbocycles. The summed E-state index contributed by atoms with van der Waals surface area (Å²) in [7, 11) is 2.21. The van der Waals surface area contributed by atoms with Crippen LogP contribution in [-0.2, 0) is 4.74 Å². The molecule has 2 N–H and O–H groups in total. The molecular formula is C11H24N2O. The molecular weight excluding hydrogens is 176 g/mol. The highest BCUT2D eigenvalue weighted by Gasteiger charge is 2.23. The summed E-state index contributed by atoms with van der Waals surface area (Å²) < 4.78 is 5.37. The minimum atomic E-state index is 0.558. The van der Waals surface area contributed by atoms with E-state index in [4.69, 9.17) is 10.5 Å². The van der Waals surface area contributed by atoms with Crippen LogP contribution in [0.3, 0.4) is 0 Å². The van der Waals surface area contributed by atoms with Crippen LogP contribution >= 0.6 is 0 Å². The standard InChI is InChI=1S/C11H24N2O/c1-3-4-11(9-12)13(2)10-5-7-14-8-6-10/h10-11H,3-9,12H2,1-2H3. The summed E-state index contributed by atoms with van der Waals surface area (Å²) in [6, 6.07) is 1.24. The third-order valence-electron chi connectivity index (χ3n) is 3.24. The fourth-order valence-electron chi connectivity index (χ4n) is 2.21. The van der Waals surface area contributed by atoms with Crippen molar-refractivity contribution in [2.24, 2.45) is 5.73 Å². The molecule has 0 aromatic heterocycles. The Kier molecular flexibility index (Phi) is 5.45. The number of hydrogen-bond donors (Lipinski definition) is 1. The Hall–Kier alpha value is -0.120. The highest BCUT2D eigenvalue weighted by atomic mass is 16.5. The van der Waals surface area contributed by atoms with E-state index < -0.39 is 0 Å². The molecule has 0 bridgehead atoms. The Morgan fingerprint density at radius 2 is 2.07 bits per heavy atom. The van der Waals surface area contributed by atoms with Gasteiger partial charge in [0.25, 0.3) is 0 Å². The molecule has 1 rings (SSSR count). The van der Waals surface area contributed by atoms with E-state index in [1.54, 1.807) is 0 Å². The van der Waals surface area contributed by atoms with Crippen molar-refractivity contribution in [3.63, 3.8) is 0 Å². The van der Waals surface area contributed by atoms with Crippen LogP contribution in [0.5, 0.6) is 0 Å². The summed E-state index contributed by atoms with van der Waals surface area (Å²) in [5.74, 6) is 0. The fraction of sp³-hybridized carbons (Fsp3) is 1.00. The third-order valence-corrected chi connectivity index (χ3v) is 3.24. The van der Waals surface area contributed by atoms with Gasteiger partial charge in [0, 0.05) is 31.8 Å². The summed E-state index contributed by atoms with van der Waals surface area (Å²) in [5.41, 5.74) is 5.79. The molecule has 1 heterocycles. The van der Waals surface area contributed by atoms with Gasteiger partial charge in [0.1, 0.15) is 0 Å². The first-order chi connectivity index (χ1) is 6.79. The average molecular weight is 200 g/mol. The van der Waals surface area contributed by atoms with Crippen molar-refractivity contribution in [2.75, 3.05) is 26.8 Å². The fourth-order valence-corrected chi connectivity index (χ4v) is 2.21. The van der Waals surface area contributed by atoms with Crippen LogP contribution in [0.15, 0.2) is 0 Å². The Labute approximate surface area is 87.6 Å². The van der Waals surface area contributed by atoms with E-state index in [0.717, 1.165) is 32.6 Å². The zero-order chi connectivity index (χ0) is 10.4. The average Bonchev–Trinajstić information content (AvgIpc) is 2.26. The van der Waals surface area contributed by atoms with Crippen LogP contribution in [0.2, 0.25) is 0 Å². The van der Waals surface area contributed by atoms with Crippen LogP contribution in [0.25, 0.3) is 0 Å². The molecule has 1 fully saturated rings. The Morgan fingerprint density at radius 3 is 2.57 bits per heavy atom. The number of ether oxygens (including phenoxy) is 1. The highest BCUT2D eigenvalue weighted by Crippen LogP contribution is 2.16. The van der Waals surface area contributed by atoms with Gasteiger partial charge in [-0.05, 0) is 26.3 Å². The molecule has 0 aromatic carbocycles. The molecule has 0 aromatic rings. The minimum Gasteiger partial charge on any atom is -0.381 e. The molecule has 14 heavy (non-hydrogen) atoms. The van der Waals surface area contributed by atoms with Gasteiger partial charge in [0.2, 0.25) is 0 Å². The Morgan fingerprint density at radius 1 is 1.43 bits per heavy atom. The largest absolute Gasteiger partial charge is 0.381 e. The first-order valence-electron chi connectivity index (χ1n) is 5.79.